The number of aromatic amines is 1. The normalized spacial score (nSPS) is 9.95. The fourth-order valence-electron chi connectivity index (χ4n) is 2.14. The van der Waals surface area contributed by atoms with Crippen LogP contribution in [0.1, 0.15) is 19.4 Å². The standard InChI is InChI=1S/C16H13NO.C2H6/c1-11-7-8-13-15(9-11)17-14(10-16(13)18)12-5-3-2-4-6-12;1-2/h2-10H,1H3,(H,17,18);1-2H3. The highest BCUT2D eigenvalue weighted by molar-refractivity contribution is 5.81. The summed E-state index contributed by atoms with van der Waals surface area (Å²) in [5, 5.41) is 0.736. The van der Waals surface area contributed by atoms with Crippen molar-refractivity contribution in [2.45, 2.75) is 20.8 Å². The summed E-state index contributed by atoms with van der Waals surface area (Å²) in [5.74, 6) is 0. The van der Waals surface area contributed by atoms with Crippen LogP contribution in [-0.2, 0) is 0 Å². The molecule has 1 N–H and O–H groups in total. The zero-order chi connectivity index (χ0) is 14.5. The quantitative estimate of drug-likeness (QED) is 0.689. The van der Waals surface area contributed by atoms with Gasteiger partial charge in [0.05, 0.1) is 0 Å². The second-order valence-corrected chi connectivity index (χ2v) is 4.46. The molecule has 102 valence electrons. The predicted molar refractivity (Wildman–Crippen MR) is 86.1 cm³/mol. The molecule has 1 aromatic heterocycles. The molecule has 0 unspecified atom stereocenters. The lowest BCUT2D eigenvalue weighted by molar-refractivity contribution is 1.36. The summed E-state index contributed by atoms with van der Waals surface area (Å²) >= 11 is 0. The summed E-state index contributed by atoms with van der Waals surface area (Å²) in [6.07, 6.45) is 0. The fourth-order valence-corrected chi connectivity index (χ4v) is 2.14. The lowest BCUT2D eigenvalue weighted by Gasteiger charge is -2.05. The summed E-state index contributed by atoms with van der Waals surface area (Å²) in [7, 11) is 0. The molecule has 3 aromatic rings. The Morgan fingerprint density at radius 3 is 2.30 bits per heavy atom. The second-order valence-electron chi connectivity index (χ2n) is 4.46. The van der Waals surface area contributed by atoms with Crippen molar-refractivity contribution in [3.8, 4) is 11.3 Å². The van der Waals surface area contributed by atoms with E-state index in [-0.39, 0.29) is 5.43 Å². The van der Waals surface area contributed by atoms with E-state index in [1.54, 1.807) is 6.07 Å². The molecule has 2 nitrogen and oxygen atoms in total. The molecule has 0 atom stereocenters. The first-order chi connectivity index (χ1) is 9.74. The third-order valence-corrected chi connectivity index (χ3v) is 3.07. The van der Waals surface area contributed by atoms with Gasteiger partial charge >= 0.3 is 0 Å². The van der Waals surface area contributed by atoms with E-state index in [1.807, 2.05) is 69.3 Å². The molecule has 0 saturated carbocycles. The molecule has 0 amide bonds. The molecular weight excluding hydrogens is 246 g/mol. The summed E-state index contributed by atoms with van der Waals surface area (Å²) in [4.78, 5) is 15.4. The van der Waals surface area contributed by atoms with E-state index in [0.29, 0.717) is 0 Å². The van der Waals surface area contributed by atoms with Gasteiger partial charge in [0, 0.05) is 22.7 Å². The number of aromatic nitrogens is 1. The highest BCUT2D eigenvalue weighted by Gasteiger charge is 2.03. The summed E-state index contributed by atoms with van der Waals surface area (Å²) in [5.41, 5.74) is 3.98. The Morgan fingerprint density at radius 1 is 0.900 bits per heavy atom. The Kier molecular flexibility index (Phi) is 4.36. The van der Waals surface area contributed by atoms with E-state index in [1.165, 1.54) is 0 Å². The van der Waals surface area contributed by atoms with Crippen LogP contribution in [0.15, 0.2) is 59.4 Å². The van der Waals surface area contributed by atoms with Gasteiger partial charge in [-0.15, -0.1) is 0 Å². The minimum absolute atomic E-state index is 0.0580. The van der Waals surface area contributed by atoms with E-state index >= 15 is 0 Å². The van der Waals surface area contributed by atoms with Crippen LogP contribution in [0.5, 0.6) is 0 Å². The van der Waals surface area contributed by atoms with Crippen LogP contribution in [0.25, 0.3) is 22.2 Å². The molecule has 0 bridgehead atoms. The van der Waals surface area contributed by atoms with Crippen LogP contribution in [-0.4, -0.2) is 4.98 Å². The zero-order valence-electron chi connectivity index (χ0n) is 12.1. The average molecular weight is 265 g/mol. The molecule has 1 heterocycles. The van der Waals surface area contributed by atoms with Crippen molar-refractivity contribution in [2.75, 3.05) is 0 Å². The molecule has 0 aliphatic rings. The van der Waals surface area contributed by atoms with Gasteiger partial charge in [-0.3, -0.25) is 4.79 Å². The van der Waals surface area contributed by atoms with Gasteiger partial charge in [0.15, 0.2) is 5.43 Å². The molecule has 0 radical (unpaired) electrons. The van der Waals surface area contributed by atoms with Crippen molar-refractivity contribution in [1.29, 1.82) is 0 Å². The molecule has 2 aromatic carbocycles. The highest BCUT2D eigenvalue weighted by Crippen LogP contribution is 2.18. The monoisotopic (exact) mass is 265 g/mol. The van der Waals surface area contributed by atoms with E-state index < -0.39 is 0 Å². The Bertz CT molecular complexity index is 757. The number of nitrogens with one attached hydrogen (secondary N) is 1. The number of aryl methyl sites for hydroxylation is 1. The van der Waals surface area contributed by atoms with Gasteiger partial charge in [0.1, 0.15) is 0 Å². The summed E-state index contributed by atoms with van der Waals surface area (Å²) in [6.45, 7) is 6.02. The molecule has 0 aliphatic heterocycles. The Labute approximate surface area is 119 Å². The van der Waals surface area contributed by atoms with Gasteiger partial charge in [-0.1, -0.05) is 50.2 Å². The van der Waals surface area contributed by atoms with Gasteiger partial charge in [-0.25, -0.2) is 0 Å². The summed E-state index contributed by atoms with van der Waals surface area (Å²) in [6, 6.07) is 17.4. The molecule has 0 aliphatic carbocycles. The lowest BCUT2D eigenvalue weighted by atomic mass is 10.1. The predicted octanol–water partition coefficient (Wildman–Crippen LogP) is 4.53. The van der Waals surface area contributed by atoms with E-state index in [2.05, 4.69) is 4.98 Å². The van der Waals surface area contributed by atoms with Crippen molar-refractivity contribution in [3.63, 3.8) is 0 Å². The Morgan fingerprint density at radius 2 is 1.60 bits per heavy atom. The Hall–Kier alpha value is -2.35. The largest absolute Gasteiger partial charge is 0.354 e. The number of hydrogen-bond acceptors (Lipinski definition) is 1. The van der Waals surface area contributed by atoms with Crippen LogP contribution in [0.3, 0.4) is 0 Å². The number of benzene rings is 2. The molecule has 0 spiro atoms. The molecule has 0 fully saturated rings. The SMILES string of the molecule is CC.Cc1ccc2c(=O)cc(-c3ccccc3)[nH]c2c1. The van der Waals surface area contributed by atoms with Crippen molar-refractivity contribution < 1.29 is 0 Å². The minimum atomic E-state index is 0.0580. The molecule has 3 rings (SSSR count). The van der Waals surface area contributed by atoms with Gasteiger partial charge in [-0.2, -0.15) is 0 Å². The third-order valence-electron chi connectivity index (χ3n) is 3.07. The van der Waals surface area contributed by atoms with Crippen molar-refractivity contribution in [2.24, 2.45) is 0 Å². The topological polar surface area (TPSA) is 32.9 Å². The minimum Gasteiger partial charge on any atom is -0.354 e. The maximum atomic E-state index is 12.1. The van der Waals surface area contributed by atoms with Crippen LogP contribution >= 0.6 is 0 Å². The van der Waals surface area contributed by atoms with E-state index in [4.69, 9.17) is 0 Å². The number of H-pyrrole nitrogens is 1. The number of hydrogen-bond donors (Lipinski definition) is 1. The number of rotatable bonds is 1. The summed E-state index contributed by atoms with van der Waals surface area (Å²) < 4.78 is 0. The maximum absolute atomic E-state index is 12.1. The lowest BCUT2D eigenvalue weighted by Crippen LogP contribution is -2.02. The third kappa shape index (κ3) is 2.80. The maximum Gasteiger partial charge on any atom is 0.190 e. The van der Waals surface area contributed by atoms with Crippen LogP contribution < -0.4 is 5.43 Å². The van der Waals surface area contributed by atoms with Crippen molar-refractivity contribution in [3.05, 3.63) is 70.4 Å². The smallest absolute Gasteiger partial charge is 0.190 e. The molecular formula is C18H19NO. The van der Waals surface area contributed by atoms with Crippen LogP contribution in [0.2, 0.25) is 0 Å². The second kappa shape index (κ2) is 6.20. The molecule has 20 heavy (non-hydrogen) atoms. The Balaban J connectivity index is 0.000000704. The first-order valence-electron chi connectivity index (χ1n) is 6.93. The van der Waals surface area contributed by atoms with Gasteiger partial charge in [-0.05, 0) is 30.2 Å². The van der Waals surface area contributed by atoms with Crippen LogP contribution in [0.4, 0.5) is 0 Å². The zero-order valence-corrected chi connectivity index (χ0v) is 12.1. The number of fused-ring (bicyclic) bond motifs is 1. The van der Waals surface area contributed by atoms with Crippen LogP contribution in [0, 0.1) is 6.92 Å². The molecule has 2 heteroatoms. The first kappa shape index (κ1) is 14.1. The first-order valence-corrected chi connectivity index (χ1v) is 6.93. The number of pyridine rings is 1. The average Bonchev–Trinajstić information content (AvgIpc) is 2.49. The fraction of sp³-hybridized carbons (Fsp3) is 0.167. The van der Waals surface area contributed by atoms with Gasteiger partial charge in [0.25, 0.3) is 0 Å². The van der Waals surface area contributed by atoms with E-state index in [0.717, 1.165) is 27.7 Å². The van der Waals surface area contributed by atoms with E-state index in [9.17, 15) is 4.79 Å². The van der Waals surface area contributed by atoms with Gasteiger partial charge in [0.2, 0.25) is 0 Å². The highest BCUT2D eigenvalue weighted by atomic mass is 16.1. The van der Waals surface area contributed by atoms with Crippen molar-refractivity contribution >= 4 is 10.9 Å². The van der Waals surface area contributed by atoms with Gasteiger partial charge < -0.3 is 4.98 Å². The molecule has 0 saturated heterocycles. The van der Waals surface area contributed by atoms with Crippen molar-refractivity contribution in [1.82, 2.24) is 4.98 Å².